The van der Waals surface area contributed by atoms with E-state index in [-0.39, 0.29) is 11.9 Å². The summed E-state index contributed by atoms with van der Waals surface area (Å²) in [5, 5.41) is 5.42. The summed E-state index contributed by atoms with van der Waals surface area (Å²) in [6.45, 7) is 2.88. The molecule has 2 heterocycles. The van der Waals surface area contributed by atoms with Gasteiger partial charge >= 0.3 is 0 Å². The van der Waals surface area contributed by atoms with E-state index in [1.807, 2.05) is 18.4 Å². The molecule has 1 atom stereocenters. The fourth-order valence-corrected chi connectivity index (χ4v) is 3.39. The smallest absolute Gasteiger partial charge is 0.141 e. The summed E-state index contributed by atoms with van der Waals surface area (Å²) in [5.41, 5.74) is 0.886. The van der Waals surface area contributed by atoms with Gasteiger partial charge < -0.3 is 5.32 Å². The second-order valence-electron chi connectivity index (χ2n) is 3.94. The number of rotatable bonds is 5. The van der Waals surface area contributed by atoms with Crippen LogP contribution in [0.2, 0.25) is 0 Å². The lowest BCUT2D eigenvalue weighted by Gasteiger charge is -2.17. The van der Waals surface area contributed by atoms with Crippen LogP contribution in [0.15, 0.2) is 34.4 Å². The molecular formula is C13H14BrFN2S. The van der Waals surface area contributed by atoms with Crippen molar-refractivity contribution in [2.75, 3.05) is 6.54 Å². The zero-order valence-electron chi connectivity index (χ0n) is 9.99. The van der Waals surface area contributed by atoms with E-state index in [4.69, 9.17) is 0 Å². The maximum absolute atomic E-state index is 13.2. The van der Waals surface area contributed by atoms with Gasteiger partial charge in [0, 0.05) is 28.0 Å². The lowest BCUT2D eigenvalue weighted by atomic mass is 10.0. The maximum Gasteiger partial charge on any atom is 0.141 e. The van der Waals surface area contributed by atoms with E-state index in [1.54, 1.807) is 23.6 Å². The van der Waals surface area contributed by atoms with Crippen molar-refractivity contribution >= 4 is 27.3 Å². The standard InChI is InChI=1S/C13H14BrFN2S/c1-2-17-12(6-13-11(14)3-4-18-13)9-5-10(15)8-16-7-9/h3-5,7-8,12,17H,2,6H2,1H3. The average molecular weight is 329 g/mol. The summed E-state index contributed by atoms with van der Waals surface area (Å²) in [4.78, 5) is 5.17. The highest BCUT2D eigenvalue weighted by Crippen LogP contribution is 2.28. The Balaban J connectivity index is 2.20. The van der Waals surface area contributed by atoms with Crippen LogP contribution in [0.25, 0.3) is 0 Å². The Labute approximate surface area is 118 Å². The van der Waals surface area contributed by atoms with Crippen molar-refractivity contribution < 1.29 is 4.39 Å². The van der Waals surface area contributed by atoms with Gasteiger partial charge in [-0.25, -0.2) is 4.39 Å². The highest BCUT2D eigenvalue weighted by molar-refractivity contribution is 9.10. The fraction of sp³-hybridized carbons (Fsp3) is 0.308. The average Bonchev–Trinajstić information content (AvgIpc) is 2.74. The van der Waals surface area contributed by atoms with E-state index in [9.17, 15) is 4.39 Å². The molecule has 0 spiro atoms. The molecule has 1 unspecified atom stereocenters. The van der Waals surface area contributed by atoms with Crippen LogP contribution in [0, 0.1) is 5.82 Å². The number of hydrogen-bond donors (Lipinski definition) is 1. The molecule has 0 aliphatic carbocycles. The number of aromatic nitrogens is 1. The second kappa shape index (κ2) is 6.41. The SMILES string of the molecule is CCNC(Cc1sccc1Br)c1cncc(F)c1. The van der Waals surface area contributed by atoms with E-state index in [1.165, 1.54) is 11.1 Å². The minimum Gasteiger partial charge on any atom is -0.310 e. The van der Waals surface area contributed by atoms with Gasteiger partial charge in [0.1, 0.15) is 5.82 Å². The Morgan fingerprint density at radius 1 is 1.50 bits per heavy atom. The van der Waals surface area contributed by atoms with Gasteiger partial charge in [0.25, 0.3) is 0 Å². The zero-order chi connectivity index (χ0) is 13.0. The molecule has 0 aromatic carbocycles. The third kappa shape index (κ3) is 3.37. The number of likely N-dealkylation sites (N-methyl/N-ethyl adjacent to an activating group) is 1. The predicted octanol–water partition coefficient (Wildman–Crippen LogP) is 3.94. The molecule has 18 heavy (non-hydrogen) atoms. The maximum atomic E-state index is 13.2. The Kier molecular flexibility index (Phi) is 4.86. The minimum absolute atomic E-state index is 0.0909. The summed E-state index contributed by atoms with van der Waals surface area (Å²) in [6.07, 6.45) is 3.78. The molecule has 2 aromatic heterocycles. The molecule has 0 saturated heterocycles. The number of thiophene rings is 1. The molecule has 96 valence electrons. The molecule has 2 nitrogen and oxygen atoms in total. The van der Waals surface area contributed by atoms with Gasteiger partial charge in [-0.15, -0.1) is 11.3 Å². The summed E-state index contributed by atoms with van der Waals surface area (Å²) in [5.74, 6) is -0.291. The van der Waals surface area contributed by atoms with Crippen LogP contribution in [0.5, 0.6) is 0 Å². The quantitative estimate of drug-likeness (QED) is 0.899. The molecular weight excluding hydrogens is 315 g/mol. The van der Waals surface area contributed by atoms with Crippen molar-refractivity contribution in [1.29, 1.82) is 0 Å². The van der Waals surface area contributed by atoms with Gasteiger partial charge in [-0.05, 0) is 45.6 Å². The van der Waals surface area contributed by atoms with Gasteiger partial charge in [-0.3, -0.25) is 4.98 Å². The number of nitrogens with one attached hydrogen (secondary N) is 1. The van der Waals surface area contributed by atoms with Crippen molar-refractivity contribution in [3.63, 3.8) is 0 Å². The van der Waals surface area contributed by atoms with Gasteiger partial charge in [0.2, 0.25) is 0 Å². The number of nitrogens with zero attached hydrogens (tertiary/aromatic N) is 1. The highest BCUT2D eigenvalue weighted by atomic mass is 79.9. The normalized spacial score (nSPS) is 12.6. The Hall–Kier alpha value is -0.780. The first-order chi connectivity index (χ1) is 8.70. The second-order valence-corrected chi connectivity index (χ2v) is 5.80. The predicted molar refractivity (Wildman–Crippen MR) is 76.3 cm³/mol. The van der Waals surface area contributed by atoms with Crippen molar-refractivity contribution in [2.45, 2.75) is 19.4 Å². The van der Waals surface area contributed by atoms with E-state index in [0.29, 0.717) is 0 Å². The first-order valence-corrected chi connectivity index (χ1v) is 7.43. The first kappa shape index (κ1) is 13.6. The van der Waals surface area contributed by atoms with Crippen molar-refractivity contribution in [3.8, 4) is 0 Å². The van der Waals surface area contributed by atoms with Gasteiger partial charge in [-0.2, -0.15) is 0 Å². The summed E-state index contributed by atoms with van der Waals surface area (Å²) in [6, 6.07) is 3.67. The van der Waals surface area contributed by atoms with E-state index in [2.05, 4.69) is 26.2 Å². The Bertz CT molecular complexity index is 515. The third-order valence-corrected chi connectivity index (χ3v) is 4.61. The topological polar surface area (TPSA) is 24.9 Å². The van der Waals surface area contributed by atoms with Crippen LogP contribution < -0.4 is 5.32 Å². The van der Waals surface area contributed by atoms with Gasteiger partial charge in [0.15, 0.2) is 0 Å². The molecule has 0 saturated carbocycles. The minimum atomic E-state index is -0.291. The van der Waals surface area contributed by atoms with Crippen LogP contribution in [0.3, 0.4) is 0 Å². The van der Waals surface area contributed by atoms with Crippen LogP contribution in [-0.2, 0) is 6.42 Å². The Morgan fingerprint density at radius 2 is 2.33 bits per heavy atom. The first-order valence-electron chi connectivity index (χ1n) is 5.76. The lowest BCUT2D eigenvalue weighted by Crippen LogP contribution is -2.23. The van der Waals surface area contributed by atoms with Crippen molar-refractivity contribution in [3.05, 3.63) is 50.6 Å². The van der Waals surface area contributed by atoms with Crippen LogP contribution in [0.4, 0.5) is 4.39 Å². The van der Waals surface area contributed by atoms with Crippen LogP contribution in [-0.4, -0.2) is 11.5 Å². The van der Waals surface area contributed by atoms with E-state index < -0.39 is 0 Å². The molecule has 1 N–H and O–H groups in total. The fourth-order valence-electron chi connectivity index (χ4n) is 1.83. The molecule has 0 radical (unpaired) electrons. The van der Waals surface area contributed by atoms with Crippen molar-refractivity contribution in [1.82, 2.24) is 10.3 Å². The zero-order valence-corrected chi connectivity index (χ0v) is 12.4. The van der Waals surface area contributed by atoms with E-state index >= 15 is 0 Å². The number of hydrogen-bond acceptors (Lipinski definition) is 3. The van der Waals surface area contributed by atoms with Gasteiger partial charge in [-0.1, -0.05) is 6.92 Å². The summed E-state index contributed by atoms with van der Waals surface area (Å²) >= 11 is 5.23. The number of pyridine rings is 1. The molecule has 0 amide bonds. The molecule has 0 aliphatic heterocycles. The van der Waals surface area contributed by atoms with Gasteiger partial charge in [0.05, 0.1) is 6.20 Å². The molecule has 5 heteroatoms. The molecule has 2 aromatic rings. The van der Waals surface area contributed by atoms with Crippen LogP contribution in [0.1, 0.15) is 23.4 Å². The summed E-state index contributed by atoms with van der Waals surface area (Å²) < 4.78 is 14.3. The molecule has 0 fully saturated rings. The lowest BCUT2D eigenvalue weighted by molar-refractivity contribution is 0.542. The molecule has 0 bridgehead atoms. The third-order valence-electron chi connectivity index (χ3n) is 2.66. The summed E-state index contributed by atoms with van der Waals surface area (Å²) in [7, 11) is 0. The van der Waals surface area contributed by atoms with E-state index in [0.717, 1.165) is 23.0 Å². The van der Waals surface area contributed by atoms with Crippen LogP contribution >= 0.6 is 27.3 Å². The molecule has 0 aliphatic rings. The monoisotopic (exact) mass is 328 g/mol. The van der Waals surface area contributed by atoms with Crippen molar-refractivity contribution in [2.24, 2.45) is 0 Å². The number of halogens is 2. The highest BCUT2D eigenvalue weighted by Gasteiger charge is 2.14. The largest absolute Gasteiger partial charge is 0.310 e. The molecule has 2 rings (SSSR count). The Morgan fingerprint density at radius 3 is 2.94 bits per heavy atom.